The zero-order chi connectivity index (χ0) is 12.7. The number of benzene rings is 1. The van der Waals surface area contributed by atoms with Gasteiger partial charge < -0.3 is 15.4 Å². The number of aryl methyl sites for hydroxylation is 1. The molecule has 0 radical (unpaired) electrons. The van der Waals surface area contributed by atoms with Crippen molar-refractivity contribution in [3.63, 3.8) is 0 Å². The van der Waals surface area contributed by atoms with Crippen molar-refractivity contribution in [2.75, 3.05) is 19.0 Å². The van der Waals surface area contributed by atoms with E-state index in [0.717, 1.165) is 18.4 Å². The summed E-state index contributed by atoms with van der Waals surface area (Å²) in [5.74, 6) is 0.675. The Morgan fingerprint density at radius 3 is 2.71 bits per heavy atom. The highest BCUT2D eigenvalue weighted by Crippen LogP contribution is 2.25. The number of nitrogens with one attached hydrogen (secondary N) is 2. The van der Waals surface area contributed by atoms with Gasteiger partial charge in [-0.05, 0) is 30.5 Å². The molecule has 4 nitrogen and oxygen atoms in total. The summed E-state index contributed by atoms with van der Waals surface area (Å²) in [5.41, 5.74) is 1.87. The minimum Gasteiger partial charge on any atom is -0.495 e. The second-order valence-electron chi connectivity index (χ2n) is 3.77. The quantitative estimate of drug-likeness (QED) is 0.826. The van der Waals surface area contributed by atoms with Crippen molar-refractivity contribution in [2.45, 2.75) is 26.7 Å². The third kappa shape index (κ3) is 3.98. The predicted molar refractivity (Wildman–Crippen MR) is 69.7 cm³/mol. The monoisotopic (exact) mass is 236 g/mol. The smallest absolute Gasteiger partial charge is 0.319 e. The summed E-state index contributed by atoms with van der Waals surface area (Å²) in [6.45, 7) is 4.75. The fraction of sp³-hybridized carbons (Fsp3) is 0.462. The van der Waals surface area contributed by atoms with E-state index in [0.29, 0.717) is 18.0 Å². The van der Waals surface area contributed by atoms with Crippen LogP contribution in [0.15, 0.2) is 18.2 Å². The first kappa shape index (κ1) is 13.4. The maximum Gasteiger partial charge on any atom is 0.319 e. The lowest BCUT2D eigenvalue weighted by atomic mass is 10.1. The van der Waals surface area contributed by atoms with Crippen molar-refractivity contribution in [3.05, 3.63) is 23.8 Å². The molecule has 0 aliphatic rings. The number of anilines is 1. The molecule has 0 unspecified atom stereocenters. The van der Waals surface area contributed by atoms with Gasteiger partial charge in [0.15, 0.2) is 0 Å². The molecule has 94 valence electrons. The van der Waals surface area contributed by atoms with E-state index in [9.17, 15) is 4.79 Å². The molecule has 0 aliphatic carbocycles. The van der Waals surface area contributed by atoms with Crippen LogP contribution in [0.2, 0.25) is 0 Å². The molecule has 2 amide bonds. The summed E-state index contributed by atoms with van der Waals surface area (Å²) < 4.78 is 5.21. The van der Waals surface area contributed by atoms with Gasteiger partial charge in [0.05, 0.1) is 12.8 Å². The van der Waals surface area contributed by atoms with E-state index in [4.69, 9.17) is 4.74 Å². The van der Waals surface area contributed by atoms with E-state index in [1.54, 1.807) is 7.11 Å². The first-order valence-electron chi connectivity index (χ1n) is 5.93. The molecule has 0 bridgehead atoms. The van der Waals surface area contributed by atoms with E-state index >= 15 is 0 Å². The van der Waals surface area contributed by atoms with E-state index in [1.165, 1.54) is 0 Å². The summed E-state index contributed by atoms with van der Waals surface area (Å²) in [6, 6.07) is 5.60. The Morgan fingerprint density at radius 2 is 2.12 bits per heavy atom. The molecule has 4 heteroatoms. The Kier molecular flexibility index (Phi) is 5.33. The molecule has 17 heavy (non-hydrogen) atoms. The van der Waals surface area contributed by atoms with Gasteiger partial charge in [0.25, 0.3) is 0 Å². The molecular weight excluding hydrogens is 216 g/mol. The number of carbonyl (C=O) groups is 1. The molecule has 1 aromatic carbocycles. The molecule has 2 N–H and O–H groups in total. The lowest BCUT2D eigenvalue weighted by molar-refractivity contribution is 0.252. The molecule has 0 aliphatic heterocycles. The fourth-order valence-corrected chi connectivity index (χ4v) is 1.48. The van der Waals surface area contributed by atoms with E-state index in [-0.39, 0.29) is 6.03 Å². The Labute approximate surface area is 102 Å². The minimum atomic E-state index is -0.196. The lowest BCUT2D eigenvalue weighted by Crippen LogP contribution is -2.29. The molecule has 1 rings (SSSR count). The molecular formula is C13H20N2O2. The number of hydrogen-bond acceptors (Lipinski definition) is 2. The van der Waals surface area contributed by atoms with Gasteiger partial charge in [-0.25, -0.2) is 4.79 Å². The third-order valence-electron chi connectivity index (χ3n) is 2.46. The highest BCUT2D eigenvalue weighted by molar-refractivity contribution is 5.91. The molecule has 0 aromatic heterocycles. The van der Waals surface area contributed by atoms with Crippen LogP contribution in [0.5, 0.6) is 5.75 Å². The average molecular weight is 236 g/mol. The second kappa shape index (κ2) is 6.78. The first-order valence-corrected chi connectivity index (χ1v) is 5.93. The highest BCUT2D eigenvalue weighted by Gasteiger charge is 2.07. The lowest BCUT2D eigenvalue weighted by Gasteiger charge is -2.12. The van der Waals surface area contributed by atoms with Crippen LogP contribution in [0.1, 0.15) is 25.8 Å². The van der Waals surface area contributed by atoms with Crippen LogP contribution in [0.4, 0.5) is 10.5 Å². The molecule has 0 saturated carbocycles. The zero-order valence-corrected chi connectivity index (χ0v) is 10.7. The molecule has 0 heterocycles. The number of carbonyl (C=O) groups excluding carboxylic acids is 1. The molecule has 1 aromatic rings. The fourth-order valence-electron chi connectivity index (χ4n) is 1.48. The predicted octanol–water partition coefficient (Wildman–Crippen LogP) is 2.79. The van der Waals surface area contributed by atoms with Gasteiger partial charge in [0.2, 0.25) is 0 Å². The van der Waals surface area contributed by atoms with Gasteiger partial charge in [-0.3, -0.25) is 0 Å². The number of urea groups is 1. The van der Waals surface area contributed by atoms with Crippen LogP contribution in [0, 0.1) is 0 Å². The SMILES string of the molecule is CCCNC(=O)Nc1cc(CC)ccc1OC. The van der Waals surface area contributed by atoms with Crippen LogP contribution in [0.3, 0.4) is 0 Å². The first-order chi connectivity index (χ1) is 8.21. The van der Waals surface area contributed by atoms with Gasteiger partial charge in [-0.1, -0.05) is 19.9 Å². The van der Waals surface area contributed by atoms with Crippen LogP contribution >= 0.6 is 0 Å². The van der Waals surface area contributed by atoms with Gasteiger partial charge >= 0.3 is 6.03 Å². The van der Waals surface area contributed by atoms with E-state index in [1.807, 2.05) is 25.1 Å². The van der Waals surface area contributed by atoms with Crippen molar-refractivity contribution in [1.29, 1.82) is 0 Å². The number of rotatable bonds is 5. The largest absolute Gasteiger partial charge is 0.495 e. The van der Waals surface area contributed by atoms with Crippen molar-refractivity contribution in [3.8, 4) is 5.75 Å². The minimum absolute atomic E-state index is 0.196. The molecule has 0 saturated heterocycles. The zero-order valence-electron chi connectivity index (χ0n) is 10.7. The summed E-state index contributed by atoms with van der Waals surface area (Å²) in [6.07, 6.45) is 1.84. The topological polar surface area (TPSA) is 50.4 Å². The maximum atomic E-state index is 11.6. The van der Waals surface area contributed by atoms with Crippen LogP contribution in [-0.4, -0.2) is 19.7 Å². The number of methoxy groups -OCH3 is 1. The van der Waals surface area contributed by atoms with E-state index < -0.39 is 0 Å². The number of amides is 2. The molecule has 0 spiro atoms. The summed E-state index contributed by atoms with van der Waals surface area (Å²) in [7, 11) is 1.59. The van der Waals surface area contributed by atoms with Gasteiger partial charge in [0.1, 0.15) is 5.75 Å². The van der Waals surface area contributed by atoms with Crippen molar-refractivity contribution in [1.82, 2.24) is 5.32 Å². The van der Waals surface area contributed by atoms with Crippen LogP contribution in [-0.2, 0) is 6.42 Å². The van der Waals surface area contributed by atoms with Crippen molar-refractivity contribution in [2.24, 2.45) is 0 Å². The summed E-state index contributed by atoms with van der Waals surface area (Å²) >= 11 is 0. The molecule has 0 fully saturated rings. The van der Waals surface area contributed by atoms with Crippen molar-refractivity contribution >= 4 is 11.7 Å². The van der Waals surface area contributed by atoms with Gasteiger partial charge in [-0.15, -0.1) is 0 Å². The highest BCUT2D eigenvalue weighted by atomic mass is 16.5. The van der Waals surface area contributed by atoms with E-state index in [2.05, 4.69) is 17.6 Å². The third-order valence-corrected chi connectivity index (χ3v) is 2.46. The van der Waals surface area contributed by atoms with Crippen LogP contribution in [0.25, 0.3) is 0 Å². The Morgan fingerprint density at radius 1 is 1.35 bits per heavy atom. The van der Waals surface area contributed by atoms with Gasteiger partial charge in [0, 0.05) is 6.54 Å². The normalized spacial score (nSPS) is 9.82. The number of ether oxygens (including phenoxy) is 1. The Balaban J connectivity index is 2.76. The summed E-state index contributed by atoms with van der Waals surface area (Å²) in [5, 5.41) is 5.56. The maximum absolute atomic E-state index is 11.6. The van der Waals surface area contributed by atoms with Crippen LogP contribution < -0.4 is 15.4 Å². The summed E-state index contributed by atoms with van der Waals surface area (Å²) in [4.78, 5) is 11.6. The number of hydrogen-bond donors (Lipinski definition) is 2. The standard InChI is InChI=1S/C13H20N2O2/c1-4-8-14-13(16)15-11-9-10(5-2)6-7-12(11)17-3/h6-7,9H,4-5,8H2,1-3H3,(H2,14,15,16). The second-order valence-corrected chi connectivity index (χ2v) is 3.77. The Bertz CT molecular complexity index is 378. The van der Waals surface area contributed by atoms with Gasteiger partial charge in [-0.2, -0.15) is 0 Å². The molecule has 0 atom stereocenters. The average Bonchev–Trinajstić information content (AvgIpc) is 2.36. The van der Waals surface area contributed by atoms with Crippen molar-refractivity contribution < 1.29 is 9.53 Å². The Hall–Kier alpha value is -1.71.